The van der Waals surface area contributed by atoms with Crippen LogP contribution in [0.25, 0.3) is 0 Å². The van der Waals surface area contributed by atoms with Gasteiger partial charge >= 0.3 is 14.5 Å². The van der Waals surface area contributed by atoms with Crippen molar-refractivity contribution < 1.29 is 27.2 Å². The van der Waals surface area contributed by atoms with Crippen molar-refractivity contribution in [1.29, 1.82) is 0 Å². The Bertz CT molecular complexity index is 788. The van der Waals surface area contributed by atoms with E-state index < -0.39 is 25.2 Å². The fourth-order valence-corrected chi connectivity index (χ4v) is 19.5. The predicted molar refractivity (Wildman–Crippen MR) is 173 cm³/mol. The molecular weight excluding hydrogens is 541 g/mol. The van der Waals surface area contributed by atoms with E-state index in [0.717, 1.165) is 37.6 Å². The molecule has 0 saturated heterocycles. The predicted octanol–water partition coefficient (Wildman–Crippen LogP) is 8.71. The summed E-state index contributed by atoms with van der Waals surface area (Å²) < 4.78 is 30.5. The molecule has 9 heteroatoms. The van der Waals surface area contributed by atoms with Crippen LogP contribution in [0.4, 0.5) is 0 Å². The largest absolute Gasteiger partial charge is 0.462 e. The number of benzene rings is 1. The van der Waals surface area contributed by atoms with Crippen molar-refractivity contribution in [1.82, 2.24) is 0 Å². The minimum Gasteiger partial charge on any atom is -0.462 e. The molecule has 228 valence electrons. The molecule has 6 nitrogen and oxygen atoms in total. The van der Waals surface area contributed by atoms with Gasteiger partial charge in [0, 0.05) is 12.2 Å². The highest BCUT2D eigenvalue weighted by Crippen LogP contribution is 2.29. The van der Waals surface area contributed by atoms with Gasteiger partial charge in [0.1, 0.15) is 0 Å². The highest BCUT2D eigenvalue weighted by molar-refractivity contribution is 6.88. The van der Waals surface area contributed by atoms with Crippen LogP contribution in [0.2, 0.25) is 50.9 Å². The fourth-order valence-electron chi connectivity index (χ4n) is 4.43. The first-order chi connectivity index (χ1) is 17.4. The van der Waals surface area contributed by atoms with Crippen molar-refractivity contribution in [3.8, 4) is 0 Å². The Morgan fingerprint density at radius 1 is 0.795 bits per heavy atom. The molecule has 0 fully saturated rings. The van der Waals surface area contributed by atoms with E-state index in [0.29, 0.717) is 32.0 Å². The molecular formula is C30H60O6Si3. The summed E-state index contributed by atoms with van der Waals surface area (Å²) >= 11 is 0. The fraction of sp³-hybridized carbons (Fsp3) is 0.700. The van der Waals surface area contributed by atoms with Crippen LogP contribution in [0.5, 0.6) is 0 Å². The third kappa shape index (κ3) is 19.6. The molecule has 1 aromatic carbocycles. The second-order valence-electron chi connectivity index (χ2n) is 11.2. The summed E-state index contributed by atoms with van der Waals surface area (Å²) in [6.45, 7) is 21.8. The van der Waals surface area contributed by atoms with E-state index >= 15 is 0 Å². The van der Waals surface area contributed by atoms with Crippen LogP contribution in [0.15, 0.2) is 42.5 Å². The summed E-state index contributed by atoms with van der Waals surface area (Å²) in [5.41, 5.74) is 1.62. The van der Waals surface area contributed by atoms with E-state index in [-0.39, 0.29) is 20.8 Å². The van der Waals surface area contributed by atoms with Gasteiger partial charge in [-0.2, -0.15) is 0 Å². The molecule has 0 spiro atoms. The van der Waals surface area contributed by atoms with Gasteiger partial charge in [-0.25, -0.2) is 4.79 Å². The van der Waals surface area contributed by atoms with E-state index in [1.807, 2.05) is 18.2 Å². The SMILES string of the molecule is C.C.C=C(C)C(=O)OCCC[Si](C)(C)O[Si](C)(C)O[Si](C)(CCCC)CCCOCCOCc1ccccc1. The molecule has 39 heavy (non-hydrogen) atoms. The van der Waals surface area contributed by atoms with Gasteiger partial charge in [0.15, 0.2) is 16.6 Å². The van der Waals surface area contributed by atoms with Gasteiger partial charge in [0.25, 0.3) is 0 Å². The Kier molecular flexibility index (Phi) is 21.3. The summed E-state index contributed by atoms with van der Waals surface area (Å²) in [6, 6.07) is 13.4. The molecule has 1 rings (SSSR count). The zero-order valence-corrected chi connectivity index (χ0v) is 27.5. The lowest BCUT2D eigenvalue weighted by Gasteiger charge is -2.40. The average molecular weight is 601 g/mol. The number of carbonyl (C=O) groups excluding carboxylic acids is 1. The third-order valence-electron chi connectivity index (χ3n) is 6.06. The average Bonchev–Trinajstić information content (AvgIpc) is 2.81. The van der Waals surface area contributed by atoms with Gasteiger partial charge in [0.05, 0.1) is 26.4 Å². The van der Waals surface area contributed by atoms with Gasteiger partial charge in [-0.3, -0.25) is 0 Å². The second-order valence-corrected chi connectivity index (χ2v) is 23.5. The molecule has 1 atom stereocenters. The van der Waals surface area contributed by atoms with Crippen LogP contribution < -0.4 is 0 Å². The highest BCUT2D eigenvalue weighted by Gasteiger charge is 2.41. The zero-order valence-electron chi connectivity index (χ0n) is 24.5. The third-order valence-corrected chi connectivity index (χ3v) is 18.6. The van der Waals surface area contributed by atoms with Crippen molar-refractivity contribution in [2.75, 3.05) is 26.4 Å². The lowest BCUT2D eigenvalue weighted by molar-refractivity contribution is -0.138. The maximum Gasteiger partial charge on any atom is 0.333 e. The molecule has 0 N–H and O–H groups in total. The number of unbranched alkanes of at least 4 members (excludes halogenated alkanes) is 1. The van der Waals surface area contributed by atoms with Crippen molar-refractivity contribution in [2.24, 2.45) is 0 Å². The van der Waals surface area contributed by atoms with Crippen LogP contribution in [0, 0.1) is 0 Å². The van der Waals surface area contributed by atoms with Crippen LogP contribution in [-0.2, 0) is 33.8 Å². The molecule has 0 heterocycles. The minimum absolute atomic E-state index is 0. The Hall–Kier alpha value is -1.08. The van der Waals surface area contributed by atoms with Gasteiger partial charge in [0.2, 0.25) is 0 Å². The normalized spacial score (nSPS) is 13.1. The highest BCUT2D eigenvalue weighted by atomic mass is 28.5. The van der Waals surface area contributed by atoms with Crippen LogP contribution in [-0.4, -0.2) is 57.6 Å². The van der Waals surface area contributed by atoms with E-state index in [9.17, 15) is 4.79 Å². The van der Waals surface area contributed by atoms with E-state index in [1.54, 1.807) is 6.92 Å². The molecule has 0 aromatic heterocycles. The lowest BCUT2D eigenvalue weighted by Crippen LogP contribution is -2.53. The Morgan fingerprint density at radius 2 is 1.38 bits per heavy atom. The maximum absolute atomic E-state index is 11.6. The van der Waals surface area contributed by atoms with Crippen LogP contribution in [0.1, 0.15) is 59.9 Å². The molecule has 1 aromatic rings. The number of carbonyl (C=O) groups is 1. The van der Waals surface area contributed by atoms with Crippen molar-refractivity contribution >= 4 is 31.2 Å². The van der Waals surface area contributed by atoms with Crippen LogP contribution >= 0.6 is 0 Å². The summed E-state index contributed by atoms with van der Waals surface area (Å²) in [6.07, 6.45) is 4.17. The Balaban J connectivity index is 0. The first-order valence-corrected chi connectivity index (χ1v) is 22.6. The smallest absolute Gasteiger partial charge is 0.333 e. The van der Waals surface area contributed by atoms with Crippen molar-refractivity contribution in [2.45, 2.75) is 112 Å². The number of hydrogen-bond donors (Lipinski definition) is 0. The Labute approximate surface area is 244 Å². The summed E-state index contributed by atoms with van der Waals surface area (Å²) in [7, 11) is -6.17. The van der Waals surface area contributed by atoms with Crippen molar-refractivity contribution in [3.63, 3.8) is 0 Å². The monoisotopic (exact) mass is 600 g/mol. The maximum atomic E-state index is 11.6. The number of hydrogen-bond acceptors (Lipinski definition) is 6. The molecule has 0 radical (unpaired) electrons. The zero-order chi connectivity index (χ0) is 27.8. The summed E-state index contributed by atoms with van der Waals surface area (Å²) in [5, 5.41) is 0. The molecule has 1 unspecified atom stereocenters. The standard InChI is InChI=1S/C28H52O6Si3.2CH4/c1-9-10-23-37(8,24-14-18-30-20-21-31-25-27-16-12-11-13-17-27)34-36(6,7)33-35(4,5)22-15-19-32-28(29)26(2)3;;/h11-13,16-17H,2,9-10,14-15,18-25H2,1,3-8H3;2*1H4. The van der Waals surface area contributed by atoms with E-state index in [4.69, 9.17) is 22.4 Å². The summed E-state index contributed by atoms with van der Waals surface area (Å²) in [4.78, 5) is 11.6. The number of rotatable bonds is 21. The summed E-state index contributed by atoms with van der Waals surface area (Å²) in [5.74, 6) is -0.320. The van der Waals surface area contributed by atoms with Gasteiger partial charge in [-0.15, -0.1) is 0 Å². The quantitative estimate of drug-likeness (QED) is 0.0609. The Morgan fingerprint density at radius 3 is 2.00 bits per heavy atom. The lowest BCUT2D eigenvalue weighted by atomic mass is 10.2. The first-order valence-electron chi connectivity index (χ1n) is 13.8. The van der Waals surface area contributed by atoms with Gasteiger partial charge in [-0.05, 0) is 76.2 Å². The van der Waals surface area contributed by atoms with E-state index in [1.165, 1.54) is 18.4 Å². The van der Waals surface area contributed by atoms with Crippen molar-refractivity contribution in [3.05, 3.63) is 48.0 Å². The van der Waals surface area contributed by atoms with Gasteiger partial charge < -0.3 is 22.4 Å². The topological polar surface area (TPSA) is 63.2 Å². The van der Waals surface area contributed by atoms with E-state index in [2.05, 4.69) is 58.4 Å². The van der Waals surface area contributed by atoms with Crippen LogP contribution in [0.3, 0.4) is 0 Å². The molecule has 0 amide bonds. The number of esters is 1. The molecule has 0 saturated carbocycles. The second kappa shape index (κ2) is 20.7. The van der Waals surface area contributed by atoms with Gasteiger partial charge in [-0.1, -0.05) is 71.5 Å². The number of ether oxygens (including phenoxy) is 3. The molecule has 0 bridgehead atoms. The molecule has 0 aliphatic rings. The first kappa shape index (κ1) is 40.1. The molecule has 0 aliphatic carbocycles. The molecule has 0 aliphatic heterocycles. The minimum atomic E-state index is -2.30.